The van der Waals surface area contributed by atoms with Crippen molar-refractivity contribution in [1.82, 2.24) is 10.2 Å². The Morgan fingerprint density at radius 1 is 1.28 bits per heavy atom. The van der Waals surface area contributed by atoms with E-state index in [4.69, 9.17) is 4.74 Å². The standard InChI is InChI=1S/C17H22N2O5S/c1-17(2,3)24-16(23)18-9-13(20)19-12(15(21)22)10-25-14(19)11-7-5-4-6-8-11/h4-8,12,14H,9-10H2,1-3H3,(H,18,23)(H,21,22). The quantitative estimate of drug-likeness (QED) is 0.848. The molecule has 0 radical (unpaired) electrons. The van der Waals surface area contributed by atoms with Crippen molar-refractivity contribution in [2.24, 2.45) is 0 Å². The summed E-state index contributed by atoms with van der Waals surface area (Å²) in [6, 6.07) is 8.31. The van der Waals surface area contributed by atoms with Gasteiger partial charge in [-0.2, -0.15) is 0 Å². The SMILES string of the molecule is CC(C)(C)OC(=O)NCC(=O)N1C(C(=O)O)CSC1c1ccccc1. The molecule has 2 atom stereocenters. The number of nitrogens with zero attached hydrogens (tertiary/aromatic N) is 1. The Labute approximate surface area is 150 Å². The largest absolute Gasteiger partial charge is 0.480 e. The van der Waals surface area contributed by atoms with Gasteiger partial charge in [0.15, 0.2) is 0 Å². The van der Waals surface area contributed by atoms with Gasteiger partial charge in [0.1, 0.15) is 23.6 Å². The van der Waals surface area contributed by atoms with Gasteiger partial charge in [-0.15, -0.1) is 11.8 Å². The molecule has 2 rings (SSSR count). The minimum absolute atomic E-state index is 0.299. The van der Waals surface area contributed by atoms with Crippen LogP contribution in [-0.2, 0) is 14.3 Å². The van der Waals surface area contributed by atoms with Crippen LogP contribution in [0.2, 0.25) is 0 Å². The van der Waals surface area contributed by atoms with Gasteiger partial charge in [0.2, 0.25) is 5.91 Å². The maximum absolute atomic E-state index is 12.6. The molecule has 1 heterocycles. The number of aliphatic carboxylic acids is 1. The first-order chi connectivity index (χ1) is 11.7. The average molecular weight is 366 g/mol. The minimum Gasteiger partial charge on any atom is -0.480 e. The number of rotatable bonds is 4. The third kappa shape index (κ3) is 5.12. The van der Waals surface area contributed by atoms with Crippen molar-refractivity contribution < 1.29 is 24.2 Å². The number of carboxylic acids is 1. The number of hydrogen-bond acceptors (Lipinski definition) is 5. The minimum atomic E-state index is -1.06. The Kier molecular flexibility index (Phi) is 5.94. The van der Waals surface area contributed by atoms with Crippen molar-refractivity contribution in [3.63, 3.8) is 0 Å². The third-order valence-electron chi connectivity index (χ3n) is 3.44. The lowest BCUT2D eigenvalue weighted by Gasteiger charge is -2.28. The molecule has 2 amide bonds. The van der Waals surface area contributed by atoms with Crippen LogP contribution in [0.3, 0.4) is 0 Å². The molecule has 1 saturated heterocycles. The van der Waals surface area contributed by atoms with E-state index in [0.29, 0.717) is 5.75 Å². The van der Waals surface area contributed by atoms with Crippen molar-refractivity contribution >= 4 is 29.7 Å². The van der Waals surface area contributed by atoms with Crippen molar-refractivity contribution in [3.05, 3.63) is 35.9 Å². The molecule has 1 aromatic carbocycles. The highest BCUT2D eigenvalue weighted by atomic mass is 32.2. The molecule has 7 nitrogen and oxygen atoms in total. The topological polar surface area (TPSA) is 95.9 Å². The number of hydrogen-bond donors (Lipinski definition) is 2. The summed E-state index contributed by atoms with van der Waals surface area (Å²) in [4.78, 5) is 37.1. The fraction of sp³-hybridized carbons (Fsp3) is 0.471. The number of carbonyl (C=O) groups is 3. The number of carbonyl (C=O) groups excluding carboxylic acids is 2. The van der Waals surface area contributed by atoms with Gasteiger partial charge >= 0.3 is 12.1 Å². The number of ether oxygens (including phenoxy) is 1. The van der Waals surface area contributed by atoms with Gasteiger partial charge in [0.25, 0.3) is 0 Å². The lowest BCUT2D eigenvalue weighted by atomic mass is 10.1. The maximum Gasteiger partial charge on any atom is 0.408 e. The highest BCUT2D eigenvalue weighted by molar-refractivity contribution is 7.99. The Hall–Kier alpha value is -2.22. The van der Waals surface area contributed by atoms with Gasteiger partial charge in [0, 0.05) is 5.75 Å². The normalized spacial score (nSPS) is 20.2. The first kappa shape index (κ1) is 19.1. The van der Waals surface area contributed by atoms with Crippen molar-refractivity contribution in [2.75, 3.05) is 12.3 Å². The molecule has 1 fully saturated rings. The van der Waals surface area contributed by atoms with E-state index in [9.17, 15) is 19.5 Å². The zero-order valence-corrected chi connectivity index (χ0v) is 15.2. The van der Waals surface area contributed by atoms with E-state index in [1.807, 2.05) is 30.3 Å². The van der Waals surface area contributed by atoms with Gasteiger partial charge in [-0.05, 0) is 26.3 Å². The summed E-state index contributed by atoms with van der Waals surface area (Å²) in [6.45, 7) is 4.84. The smallest absolute Gasteiger partial charge is 0.408 e. The summed E-state index contributed by atoms with van der Waals surface area (Å²) in [7, 11) is 0. The molecule has 0 spiro atoms. The molecule has 1 aliphatic rings. The summed E-state index contributed by atoms with van der Waals surface area (Å²) in [5.41, 5.74) is 0.175. The zero-order valence-electron chi connectivity index (χ0n) is 14.4. The Bertz CT molecular complexity index is 644. The zero-order chi connectivity index (χ0) is 18.6. The van der Waals surface area contributed by atoms with Crippen LogP contribution in [-0.4, -0.2) is 51.9 Å². The lowest BCUT2D eigenvalue weighted by Crippen LogP contribution is -2.47. The molecule has 25 heavy (non-hydrogen) atoms. The molecule has 2 unspecified atom stereocenters. The Balaban J connectivity index is 2.09. The fourth-order valence-corrected chi connectivity index (χ4v) is 3.87. The number of benzene rings is 1. The number of amides is 2. The molecule has 2 N–H and O–H groups in total. The van der Waals surface area contributed by atoms with Crippen LogP contribution >= 0.6 is 11.8 Å². The van der Waals surface area contributed by atoms with E-state index in [1.165, 1.54) is 16.7 Å². The maximum atomic E-state index is 12.6. The first-order valence-electron chi connectivity index (χ1n) is 7.86. The van der Waals surface area contributed by atoms with Gasteiger partial charge in [-0.25, -0.2) is 9.59 Å². The van der Waals surface area contributed by atoms with Gasteiger partial charge in [-0.3, -0.25) is 4.79 Å². The average Bonchev–Trinajstić information content (AvgIpc) is 2.97. The molecule has 136 valence electrons. The van der Waals surface area contributed by atoms with Gasteiger partial charge in [-0.1, -0.05) is 30.3 Å². The molecule has 1 aromatic rings. The number of alkyl carbamates (subject to hydrolysis) is 1. The van der Waals surface area contributed by atoms with Crippen LogP contribution < -0.4 is 5.32 Å². The fourth-order valence-electron chi connectivity index (χ4n) is 2.43. The summed E-state index contributed by atoms with van der Waals surface area (Å²) in [5, 5.41) is 11.4. The van der Waals surface area contributed by atoms with E-state index in [2.05, 4.69) is 5.32 Å². The molecular weight excluding hydrogens is 344 g/mol. The van der Waals surface area contributed by atoms with Gasteiger partial charge in [0.05, 0.1) is 0 Å². The Morgan fingerprint density at radius 2 is 1.92 bits per heavy atom. The van der Waals surface area contributed by atoms with Crippen molar-refractivity contribution in [3.8, 4) is 0 Å². The number of nitrogens with one attached hydrogen (secondary N) is 1. The predicted octanol–water partition coefficient (Wildman–Crippen LogP) is 2.24. The molecular formula is C17H22N2O5S. The number of carboxylic acid groups (broad SMARTS) is 1. The van der Waals surface area contributed by atoms with E-state index >= 15 is 0 Å². The van der Waals surface area contributed by atoms with Crippen LogP contribution in [0, 0.1) is 0 Å². The third-order valence-corrected chi connectivity index (χ3v) is 4.76. The summed E-state index contributed by atoms with van der Waals surface area (Å²) in [5.74, 6) is -1.22. The Morgan fingerprint density at radius 3 is 2.48 bits per heavy atom. The van der Waals surface area contributed by atoms with E-state index in [1.54, 1.807) is 20.8 Å². The molecule has 0 saturated carbocycles. The van der Waals surface area contributed by atoms with E-state index in [0.717, 1.165) is 5.56 Å². The summed E-state index contributed by atoms with van der Waals surface area (Å²) < 4.78 is 5.09. The second-order valence-electron chi connectivity index (χ2n) is 6.61. The van der Waals surface area contributed by atoms with Crippen LogP contribution in [0.15, 0.2) is 30.3 Å². The summed E-state index contributed by atoms with van der Waals surface area (Å²) >= 11 is 1.39. The molecule has 1 aliphatic heterocycles. The molecule has 0 aliphatic carbocycles. The first-order valence-corrected chi connectivity index (χ1v) is 8.91. The highest BCUT2D eigenvalue weighted by Crippen LogP contribution is 2.41. The van der Waals surface area contributed by atoms with Gasteiger partial charge < -0.3 is 20.1 Å². The van der Waals surface area contributed by atoms with Crippen LogP contribution in [0.4, 0.5) is 4.79 Å². The monoisotopic (exact) mass is 366 g/mol. The highest BCUT2D eigenvalue weighted by Gasteiger charge is 2.42. The number of thioether (sulfide) groups is 1. The van der Waals surface area contributed by atoms with E-state index < -0.39 is 35.0 Å². The van der Waals surface area contributed by atoms with Crippen LogP contribution in [0.1, 0.15) is 31.7 Å². The van der Waals surface area contributed by atoms with Crippen molar-refractivity contribution in [1.29, 1.82) is 0 Å². The van der Waals surface area contributed by atoms with Crippen LogP contribution in [0.5, 0.6) is 0 Å². The van der Waals surface area contributed by atoms with Crippen LogP contribution in [0.25, 0.3) is 0 Å². The van der Waals surface area contributed by atoms with Crippen molar-refractivity contribution in [2.45, 2.75) is 37.8 Å². The predicted molar refractivity (Wildman–Crippen MR) is 94.1 cm³/mol. The van der Waals surface area contributed by atoms with E-state index in [-0.39, 0.29) is 6.54 Å². The lowest BCUT2D eigenvalue weighted by molar-refractivity contribution is -0.148. The summed E-state index contributed by atoms with van der Waals surface area (Å²) in [6.07, 6.45) is -0.712. The second kappa shape index (κ2) is 7.77. The molecule has 0 bridgehead atoms. The molecule has 0 aromatic heterocycles. The second-order valence-corrected chi connectivity index (χ2v) is 7.72. The molecule has 8 heteroatoms.